The molecule has 0 atom stereocenters. The maximum absolute atomic E-state index is 9.13. The maximum Gasteiger partial charge on any atom is 0.138 e. The number of nitrogens with two attached hydrogens (primary N) is 1. The zero-order chi connectivity index (χ0) is 8.97. The molecule has 1 rings (SSSR count). The van der Waals surface area contributed by atoms with Gasteiger partial charge in [-0.05, 0) is 36.3 Å². The van der Waals surface area contributed by atoms with Crippen LogP contribution in [0.2, 0.25) is 0 Å². The maximum atomic E-state index is 9.13. The molecular formula is C9H13NOS. The lowest BCUT2D eigenvalue weighted by atomic mass is 10.1. The van der Waals surface area contributed by atoms with E-state index in [-0.39, 0.29) is 5.75 Å². The van der Waals surface area contributed by atoms with Gasteiger partial charge in [-0.2, -0.15) is 12.6 Å². The number of anilines is 1. The van der Waals surface area contributed by atoms with E-state index in [1.54, 1.807) is 12.1 Å². The predicted octanol–water partition coefficient (Wildman–Crippen LogP) is 1.84. The molecule has 0 spiro atoms. The summed E-state index contributed by atoms with van der Waals surface area (Å²) in [5, 5.41) is 9.13. The summed E-state index contributed by atoms with van der Waals surface area (Å²) in [6, 6.07) is 5.32. The van der Waals surface area contributed by atoms with E-state index in [4.69, 9.17) is 10.8 Å². The summed E-state index contributed by atoms with van der Waals surface area (Å²) in [7, 11) is 0. The van der Waals surface area contributed by atoms with Crippen molar-refractivity contribution in [2.45, 2.75) is 12.8 Å². The van der Waals surface area contributed by atoms with Crippen molar-refractivity contribution in [1.29, 1.82) is 0 Å². The molecule has 0 aromatic heterocycles. The second-order valence-corrected chi connectivity index (χ2v) is 3.17. The van der Waals surface area contributed by atoms with Crippen LogP contribution in [0, 0.1) is 0 Å². The minimum absolute atomic E-state index is 0.157. The molecule has 66 valence electrons. The molecular weight excluding hydrogens is 170 g/mol. The molecule has 1 aromatic rings. The van der Waals surface area contributed by atoms with E-state index in [0.717, 1.165) is 24.2 Å². The Balaban J connectivity index is 2.69. The van der Waals surface area contributed by atoms with Crippen molar-refractivity contribution >= 4 is 18.3 Å². The van der Waals surface area contributed by atoms with Crippen LogP contribution in [0.15, 0.2) is 18.2 Å². The molecule has 2 nitrogen and oxygen atoms in total. The number of hydrogen-bond donors (Lipinski definition) is 3. The molecule has 0 saturated carbocycles. The number of thiol groups is 1. The van der Waals surface area contributed by atoms with E-state index in [1.165, 1.54) is 0 Å². The molecule has 3 N–H and O–H groups in total. The molecule has 0 aliphatic heterocycles. The molecule has 0 heterocycles. The number of benzene rings is 1. The molecule has 12 heavy (non-hydrogen) atoms. The van der Waals surface area contributed by atoms with Crippen LogP contribution in [0.4, 0.5) is 5.69 Å². The van der Waals surface area contributed by atoms with Gasteiger partial charge < -0.3 is 10.8 Å². The molecule has 0 amide bonds. The summed E-state index contributed by atoms with van der Waals surface area (Å²) in [4.78, 5) is 0. The van der Waals surface area contributed by atoms with Crippen molar-refractivity contribution in [3.8, 4) is 5.75 Å². The fourth-order valence-electron chi connectivity index (χ4n) is 1.04. The van der Waals surface area contributed by atoms with Crippen LogP contribution < -0.4 is 5.73 Å². The van der Waals surface area contributed by atoms with Gasteiger partial charge in [-0.1, -0.05) is 6.07 Å². The van der Waals surface area contributed by atoms with E-state index in [0.29, 0.717) is 5.69 Å². The first-order valence-corrected chi connectivity index (χ1v) is 4.55. The lowest BCUT2D eigenvalue weighted by Gasteiger charge is -2.02. The molecule has 0 saturated heterocycles. The Morgan fingerprint density at radius 2 is 2.17 bits per heavy atom. The van der Waals surface area contributed by atoms with Crippen molar-refractivity contribution in [3.63, 3.8) is 0 Å². The standard InChI is InChI=1S/C9H13NOS/c10-8-6-7(2-1-5-12)3-4-9(8)11/h3-4,6,11-12H,1-2,5,10H2. The molecule has 3 heteroatoms. The SMILES string of the molecule is Nc1cc(CCCS)ccc1O. The average Bonchev–Trinajstić information content (AvgIpc) is 2.07. The van der Waals surface area contributed by atoms with Gasteiger partial charge in [-0.25, -0.2) is 0 Å². The van der Waals surface area contributed by atoms with Crippen molar-refractivity contribution in [1.82, 2.24) is 0 Å². The van der Waals surface area contributed by atoms with Crippen LogP contribution in [0.5, 0.6) is 5.75 Å². The Morgan fingerprint density at radius 1 is 1.42 bits per heavy atom. The van der Waals surface area contributed by atoms with E-state index in [1.807, 2.05) is 6.07 Å². The van der Waals surface area contributed by atoms with E-state index < -0.39 is 0 Å². The number of aromatic hydroxyl groups is 1. The van der Waals surface area contributed by atoms with E-state index in [2.05, 4.69) is 12.6 Å². The van der Waals surface area contributed by atoms with Crippen LogP contribution >= 0.6 is 12.6 Å². The fourth-order valence-corrected chi connectivity index (χ4v) is 1.20. The van der Waals surface area contributed by atoms with Gasteiger partial charge in [-0.15, -0.1) is 0 Å². The van der Waals surface area contributed by atoms with Crippen LogP contribution in [0.1, 0.15) is 12.0 Å². The summed E-state index contributed by atoms with van der Waals surface area (Å²) in [5.74, 6) is 1.03. The molecule has 0 bridgehead atoms. The first-order chi connectivity index (χ1) is 5.74. The van der Waals surface area contributed by atoms with Gasteiger partial charge in [0, 0.05) is 0 Å². The van der Waals surface area contributed by atoms with E-state index >= 15 is 0 Å². The molecule has 0 unspecified atom stereocenters. The minimum Gasteiger partial charge on any atom is -0.506 e. The molecule has 0 aliphatic carbocycles. The lowest BCUT2D eigenvalue weighted by Crippen LogP contribution is -1.90. The summed E-state index contributed by atoms with van der Waals surface area (Å²) in [5.41, 5.74) is 7.13. The largest absolute Gasteiger partial charge is 0.506 e. The third kappa shape index (κ3) is 2.34. The zero-order valence-electron chi connectivity index (χ0n) is 6.83. The van der Waals surface area contributed by atoms with Gasteiger partial charge in [0.25, 0.3) is 0 Å². The highest BCUT2D eigenvalue weighted by Gasteiger charge is 1.97. The lowest BCUT2D eigenvalue weighted by molar-refractivity contribution is 0.478. The third-order valence-corrected chi connectivity index (χ3v) is 2.03. The first-order valence-electron chi connectivity index (χ1n) is 3.92. The zero-order valence-corrected chi connectivity index (χ0v) is 7.72. The van der Waals surface area contributed by atoms with Gasteiger partial charge in [0.2, 0.25) is 0 Å². The molecule has 0 fully saturated rings. The first kappa shape index (κ1) is 9.26. The Kier molecular flexibility index (Phi) is 3.29. The number of rotatable bonds is 3. The van der Waals surface area contributed by atoms with Gasteiger partial charge in [0.1, 0.15) is 5.75 Å². The molecule has 0 aliphatic rings. The summed E-state index contributed by atoms with van der Waals surface area (Å²) < 4.78 is 0. The van der Waals surface area contributed by atoms with Gasteiger partial charge in [-0.3, -0.25) is 0 Å². The number of nitrogen functional groups attached to an aromatic ring is 1. The van der Waals surface area contributed by atoms with Crippen LogP contribution in [0.25, 0.3) is 0 Å². The topological polar surface area (TPSA) is 46.2 Å². The molecule has 1 aromatic carbocycles. The summed E-state index contributed by atoms with van der Waals surface area (Å²) in [6.07, 6.45) is 2.00. The van der Waals surface area contributed by atoms with Crippen LogP contribution in [0.3, 0.4) is 0 Å². The van der Waals surface area contributed by atoms with Crippen LogP contribution in [-0.4, -0.2) is 10.9 Å². The monoisotopic (exact) mass is 183 g/mol. The quantitative estimate of drug-likeness (QED) is 0.380. The fraction of sp³-hybridized carbons (Fsp3) is 0.333. The number of phenolic OH excluding ortho intramolecular Hbond substituents is 1. The average molecular weight is 183 g/mol. The van der Waals surface area contributed by atoms with Crippen molar-refractivity contribution in [2.24, 2.45) is 0 Å². The Bertz CT molecular complexity index is 263. The minimum atomic E-state index is 0.157. The van der Waals surface area contributed by atoms with Gasteiger partial charge in [0.05, 0.1) is 5.69 Å². The predicted molar refractivity (Wildman–Crippen MR) is 54.7 cm³/mol. The number of hydrogen-bond acceptors (Lipinski definition) is 3. The second kappa shape index (κ2) is 4.26. The van der Waals surface area contributed by atoms with Crippen LogP contribution in [-0.2, 0) is 6.42 Å². The third-order valence-electron chi connectivity index (χ3n) is 1.72. The number of aryl methyl sites for hydroxylation is 1. The number of phenols is 1. The Morgan fingerprint density at radius 3 is 2.75 bits per heavy atom. The van der Waals surface area contributed by atoms with Crippen molar-refractivity contribution in [3.05, 3.63) is 23.8 Å². The van der Waals surface area contributed by atoms with Crippen molar-refractivity contribution < 1.29 is 5.11 Å². The highest BCUT2D eigenvalue weighted by molar-refractivity contribution is 7.80. The summed E-state index contributed by atoms with van der Waals surface area (Å²) in [6.45, 7) is 0. The highest BCUT2D eigenvalue weighted by Crippen LogP contribution is 2.20. The highest BCUT2D eigenvalue weighted by atomic mass is 32.1. The second-order valence-electron chi connectivity index (χ2n) is 2.72. The normalized spacial score (nSPS) is 10.1. The smallest absolute Gasteiger partial charge is 0.138 e. The summed E-state index contributed by atoms with van der Waals surface area (Å²) >= 11 is 4.12. The van der Waals surface area contributed by atoms with E-state index in [9.17, 15) is 0 Å². The Labute approximate surface area is 77.8 Å². The van der Waals surface area contributed by atoms with Gasteiger partial charge in [0.15, 0.2) is 0 Å². The Hall–Kier alpha value is -0.830. The van der Waals surface area contributed by atoms with Gasteiger partial charge >= 0.3 is 0 Å². The molecule has 0 radical (unpaired) electrons. The van der Waals surface area contributed by atoms with Crippen molar-refractivity contribution in [2.75, 3.05) is 11.5 Å².